The van der Waals surface area contributed by atoms with Gasteiger partial charge in [-0.15, -0.1) is 12.4 Å². The van der Waals surface area contributed by atoms with Crippen molar-refractivity contribution in [3.05, 3.63) is 17.5 Å². The van der Waals surface area contributed by atoms with E-state index in [0.717, 1.165) is 18.5 Å². The molecule has 3 rings (SSSR count). The minimum Gasteiger partial charge on any atom is -0.349 e. The van der Waals surface area contributed by atoms with E-state index in [0.29, 0.717) is 23.7 Å². The number of halogens is 1. The molecule has 2 bridgehead atoms. The molecule has 2 atom stereocenters. The summed E-state index contributed by atoms with van der Waals surface area (Å²) in [7, 11) is 0. The average Bonchev–Trinajstić information content (AvgIpc) is 2.92. The molecule has 0 aromatic carbocycles. The second-order valence-corrected chi connectivity index (χ2v) is 7.51. The molecule has 2 fully saturated rings. The molecular formula is C16H27ClN4O. The number of carbonyl (C=O) groups excluding carboxylic acids is 1. The Morgan fingerprint density at radius 1 is 1.32 bits per heavy atom. The number of piperidine rings is 1. The Balaban J connectivity index is 0.00000176. The number of hydrogen-bond acceptors (Lipinski definition) is 3. The first kappa shape index (κ1) is 17.3. The Hall–Kier alpha value is -1.07. The maximum absolute atomic E-state index is 12.5. The largest absolute Gasteiger partial charge is 0.349 e. The number of fused-ring (bicyclic) bond motifs is 2. The van der Waals surface area contributed by atoms with Crippen molar-refractivity contribution in [3.63, 3.8) is 0 Å². The van der Waals surface area contributed by atoms with E-state index in [-0.39, 0.29) is 23.9 Å². The lowest BCUT2D eigenvalue weighted by molar-refractivity contribution is 0.0923. The van der Waals surface area contributed by atoms with Crippen LogP contribution in [0.15, 0.2) is 6.20 Å². The second kappa shape index (κ2) is 6.20. The molecular weight excluding hydrogens is 300 g/mol. The number of rotatable bonds is 2. The maximum atomic E-state index is 12.5. The normalized spacial score (nSPS) is 27.4. The van der Waals surface area contributed by atoms with Crippen LogP contribution in [-0.2, 0) is 5.54 Å². The third-order valence-corrected chi connectivity index (χ3v) is 4.70. The van der Waals surface area contributed by atoms with Crippen LogP contribution in [0.4, 0.5) is 0 Å². The average molecular weight is 327 g/mol. The topological polar surface area (TPSA) is 59.0 Å². The van der Waals surface area contributed by atoms with Crippen molar-refractivity contribution in [2.24, 2.45) is 0 Å². The minimum atomic E-state index is -0.101. The van der Waals surface area contributed by atoms with E-state index in [9.17, 15) is 4.79 Å². The number of hydrogen-bond donors (Lipinski definition) is 2. The van der Waals surface area contributed by atoms with Gasteiger partial charge in [0.2, 0.25) is 0 Å². The Morgan fingerprint density at radius 2 is 1.91 bits per heavy atom. The molecule has 1 aromatic rings. The van der Waals surface area contributed by atoms with Gasteiger partial charge in [0.1, 0.15) is 0 Å². The lowest BCUT2D eigenvalue weighted by atomic mass is 9.99. The van der Waals surface area contributed by atoms with Crippen LogP contribution in [0.3, 0.4) is 0 Å². The van der Waals surface area contributed by atoms with Crippen molar-refractivity contribution >= 4 is 18.3 Å². The molecule has 2 N–H and O–H groups in total. The van der Waals surface area contributed by atoms with E-state index in [1.54, 1.807) is 6.20 Å². The van der Waals surface area contributed by atoms with Crippen LogP contribution in [0.5, 0.6) is 0 Å². The first-order chi connectivity index (χ1) is 9.84. The van der Waals surface area contributed by atoms with Crippen LogP contribution in [0, 0.1) is 6.92 Å². The number of nitrogens with one attached hydrogen (secondary N) is 2. The van der Waals surface area contributed by atoms with Gasteiger partial charge in [-0.2, -0.15) is 5.10 Å². The third kappa shape index (κ3) is 3.30. The lowest BCUT2D eigenvalue weighted by Gasteiger charge is -2.29. The number of amides is 1. The minimum absolute atomic E-state index is 0. The zero-order chi connectivity index (χ0) is 15.2. The van der Waals surface area contributed by atoms with E-state index in [1.807, 2.05) is 11.6 Å². The van der Waals surface area contributed by atoms with E-state index in [4.69, 9.17) is 0 Å². The molecule has 2 unspecified atom stereocenters. The first-order valence-electron chi connectivity index (χ1n) is 7.96. The van der Waals surface area contributed by atoms with Crippen molar-refractivity contribution in [2.75, 3.05) is 0 Å². The summed E-state index contributed by atoms with van der Waals surface area (Å²) in [5, 5.41) is 11.2. The summed E-state index contributed by atoms with van der Waals surface area (Å²) in [5.74, 6) is 0.0225. The van der Waals surface area contributed by atoms with Gasteiger partial charge in [-0.25, -0.2) is 0 Å². The van der Waals surface area contributed by atoms with Crippen LogP contribution in [-0.4, -0.2) is 33.8 Å². The van der Waals surface area contributed by atoms with Crippen molar-refractivity contribution in [1.29, 1.82) is 0 Å². The fourth-order valence-corrected chi connectivity index (χ4v) is 3.75. The summed E-state index contributed by atoms with van der Waals surface area (Å²) >= 11 is 0. The Kier molecular flexibility index (Phi) is 4.87. The Labute approximate surface area is 138 Å². The molecule has 2 aliphatic rings. The molecule has 0 spiro atoms. The first-order valence-corrected chi connectivity index (χ1v) is 7.96. The van der Waals surface area contributed by atoms with Gasteiger partial charge in [0, 0.05) is 23.8 Å². The Bertz CT molecular complexity index is 537. The number of carbonyl (C=O) groups is 1. The number of aromatic nitrogens is 2. The SMILES string of the molecule is Cc1c(C(=O)NC2CC3CCC(C2)N3)cnn1C(C)(C)C.Cl. The lowest BCUT2D eigenvalue weighted by Crippen LogP contribution is -2.48. The maximum Gasteiger partial charge on any atom is 0.254 e. The van der Waals surface area contributed by atoms with Crippen LogP contribution >= 0.6 is 12.4 Å². The fourth-order valence-electron chi connectivity index (χ4n) is 3.75. The summed E-state index contributed by atoms with van der Waals surface area (Å²) in [5.41, 5.74) is 1.55. The predicted octanol–water partition coefficient (Wildman–Crippen LogP) is 2.38. The van der Waals surface area contributed by atoms with Crippen molar-refractivity contribution in [1.82, 2.24) is 20.4 Å². The Morgan fingerprint density at radius 3 is 2.41 bits per heavy atom. The molecule has 0 radical (unpaired) electrons. The molecule has 1 amide bonds. The van der Waals surface area contributed by atoms with Gasteiger partial charge in [-0.05, 0) is 53.4 Å². The highest BCUT2D eigenvalue weighted by Crippen LogP contribution is 2.27. The van der Waals surface area contributed by atoms with Crippen LogP contribution in [0.25, 0.3) is 0 Å². The molecule has 2 aliphatic heterocycles. The molecule has 0 aliphatic carbocycles. The molecule has 0 saturated carbocycles. The van der Waals surface area contributed by atoms with Gasteiger partial charge < -0.3 is 10.6 Å². The summed E-state index contributed by atoms with van der Waals surface area (Å²) in [6.45, 7) is 8.26. The molecule has 1 aromatic heterocycles. The van der Waals surface area contributed by atoms with Crippen LogP contribution in [0.1, 0.15) is 62.5 Å². The predicted molar refractivity (Wildman–Crippen MR) is 89.6 cm³/mol. The molecule has 2 saturated heterocycles. The van der Waals surface area contributed by atoms with Gasteiger partial charge in [0.05, 0.1) is 17.3 Å². The van der Waals surface area contributed by atoms with E-state index in [1.165, 1.54) is 12.8 Å². The number of nitrogens with zero attached hydrogens (tertiary/aromatic N) is 2. The second-order valence-electron chi connectivity index (χ2n) is 7.51. The highest BCUT2D eigenvalue weighted by atomic mass is 35.5. The van der Waals surface area contributed by atoms with E-state index < -0.39 is 0 Å². The molecule has 5 nitrogen and oxygen atoms in total. The third-order valence-electron chi connectivity index (χ3n) is 4.70. The van der Waals surface area contributed by atoms with Gasteiger partial charge >= 0.3 is 0 Å². The van der Waals surface area contributed by atoms with Gasteiger partial charge in [0.15, 0.2) is 0 Å². The summed E-state index contributed by atoms with van der Waals surface area (Å²) < 4.78 is 1.92. The summed E-state index contributed by atoms with van der Waals surface area (Å²) in [6, 6.07) is 1.48. The van der Waals surface area contributed by atoms with Crippen LogP contribution < -0.4 is 10.6 Å². The highest BCUT2D eigenvalue weighted by Gasteiger charge is 2.34. The monoisotopic (exact) mass is 326 g/mol. The molecule has 3 heterocycles. The molecule has 6 heteroatoms. The van der Waals surface area contributed by atoms with Crippen molar-refractivity contribution < 1.29 is 4.79 Å². The standard InChI is InChI=1S/C16H26N4O.ClH/c1-10-14(9-17-20(10)16(2,3)4)15(21)19-13-7-11-5-6-12(8-13)18-11;/h9,11-13,18H,5-8H2,1-4H3,(H,19,21);1H. The van der Waals surface area contributed by atoms with Crippen molar-refractivity contribution in [3.8, 4) is 0 Å². The molecule has 124 valence electrons. The van der Waals surface area contributed by atoms with Crippen LogP contribution in [0.2, 0.25) is 0 Å². The molecule has 22 heavy (non-hydrogen) atoms. The highest BCUT2D eigenvalue weighted by molar-refractivity contribution is 5.95. The van der Waals surface area contributed by atoms with E-state index in [2.05, 4.69) is 36.5 Å². The smallest absolute Gasteiger partial charge is 0.254 e. The summed E-state index contributed by atoms with van der Waals surface area (Å²) in [4.78, 5) is 12.5. The van der Waals surface area contributed by atoms with Crippen molar-refractivity contribution in [2.45, 2.75) is 77.0 Å². The quantitative estimate of drug-likeness (QED) is 0.877. The van der Waals surface area contributed by atoms with Gasteiger partial charge in [-0.3, -0.25) is 9.48 Å². The zero-order valence-electron chi connectivity index (χ0n) is 13.8. The summed E-state index contributed by atoms with van der Waals surface area (Å²) in [6.07, 6.45) is 6.30. The van der Waals surface area contributed by atoms with Gasteiger partial charge in [0.25, 0.3) is 5.91 Å². The zero-order valence-corrected chi connectivity index (χ0v) is 14.7. The van der Waals surface area contributed by atoms with E-state index >= 15 is 0 Å². The van der Waals surface area contributed by atoms with Gasteiger partial charge in [-0.1, -0.05) is 0 Å². The fraction of sp³-hybridized carbons (Fsp3) is 0.750.